The van der Waals surface area contributed by atoms with Crippen molar-refractivity contribution in [3.63, 3.8) is 0 Å². The average molecular weight is 234 g/mol. The number of rotatable bonds is 1. The molecular weight excluding hydrogens is 215 g/mol. The van der Waals surface area contributed by atoms with E-state index in [0.29, 0.717) is 5.69 Å². The van der Waals surface area contributed by atoms with Gasteiger partial charge >= 0.3 is 7.12 Å². The number of anilines is 1. The molecule has 1 aromatic rings. The van der Waals surface area contributed by atoms with E-state index in [2.05, 4.69) is 32.7 Å². The Labute approximate surface area is 103 Å². The van der Waals surface area contributed by atoms with E-state index in [1.54, 1.807) is 12.4 Å². The van der Waals surface area contributed by atoms with Crippen molar-refractivity contribution in [3.05, 3.63) is 18.5 Å². The van der Waals surface area contributed by atoms with E-state index in [1.807, 2.05) is 6.07 Å². The van der Waals surface area contributed by atoms with Crippen molar-refractivity contribution in [1.29, 1.82) is 0 Å². The molecule has 0 spiro atoms. The van der Waals surface area contributed by atoms with Gasteiger partial charge in [-0.1, -0.05) is 0 Å². The molecule has 1 fully saturated rings. The van der Waals surface area contributed by atoms with Crippen molar-refractivity contribution in [1.82, 2.24) is 4.98 Å². The first-order chi connectivity index (χ1) is 7.77. The Balaban J connectivity index is 2.27. The second kappa shape index (κ2) is 4.00. The summed E-state index contributed by atoms with van der Waals surface area (Å²) in [6.07, 6.45) is 4.20. The van der Waals surface area contributed by atoms with E-state index in [-0.39, 0.29) is 11.2 Å². The second-order valence-electron chi connectivity index (χ2n) is 5.82. The number of nitrogen functional groups attached to an aromatic ring is 1. The molecule has 0 aromatic carbocycles. The van der Waals surface area contributed by atoms with Crippen LogP contribution in [0.25, 0.3) is 0 Å². The van der Waals surface area contributed by atoms with Crippen molar-refractivity contribution in [2.75, 3.05) is 5.73 Å². The summed E-state index contributed by atoms with van der Waals surface area (Å²) in [7, 11) is -0.398. The lowest BCUT2D eigenvalue weighted by atomic mass is 9.73. The first-order valence-corrected chi connectivity index (χ1v) is 5.84. The van der Waals surface area contributed by atoms with Gasteiger partial charge in [0.2, 0.25) is 0 Å². The average Bonchev–Trinajstić information content (AvgIpc) is 2.12. The number of nitrogens with two attached hydrogens (primary N) is 1. The van der Waals surface area contributed by atoms with Crippen molar-refractivity contribution in [2.24, 2.45) is 0 Å². The Bertz CT molecular complexity index is 405. The highest BCUT2D eigenvalue weighted by Crippen LogP contribution is 2.32. The van der Waals surface area contributed by atoms with Gasteiger partial charge in [-0.15, -0.1) is 0 Å². The number of hydrogen-bond acceptors (Lipinski definition) is 4. The fourth-order valence-electron chi connectivity index (χ4n) is 2.45. The van der Waals surface area contributed by atoms with Gasteiger partial charge in [0, 0.05) is 30.0 Å². The number of nitrogens with zero attached hydrogens (tertiary/aromatic N) is 1. The van der Waals surface area contributed by atoms with Crippen LogP contribution in [0.1, 0.15) is 34.1 Å². The minimum Gasteiger partial charge on any atom is -0.402 e. The third-order valence-electron chi connectivity index (χ3n) is 2.76. The maximum Gasteiger partial charge on any atom is 0.496 e. The van der Waals surface area contributed by atoms with Gasteiger partial charge in [0.1, 0.15) is 0 Å². The quantitative estimate of drug-likeness (QED) is 0.745. The van der Waals surface area contributed by atoms with E-state index in [0.717, 1.165) is 11.9 Å². The van der Waals surface area contributed by atoms with Crippen LogP contribution in [0.2, 0.25) is 0 Å². The molecule has 1 aromatic heterocycles. The van der Waals surface area contributed by atoms with Crippen LogP contribution in [0.15, 0.2) is 18.5 Å². The Morgan fingerprint density at radius 1 is 1.18 bits per heavy atom. The highest BCUT2D eigenvalue weighted by Gasteiger charge is 2.43. The van der Waals surface area contributed by atoms with Crippen LogP contribution in [0, 0.1) is 0 Å². The molecule has 17 heavy (non-hydrogen) atoms. The molecular formula is C12H19BN2O2. The van der Waals surface area contributed by atoms with Gasteiger partial charge in [0.05, 0.1) is 11.2 Å². The molecule has 0 amide bonds. The van der Waals surface area contributed by atoms with E-state index < -0.39 is 7.12 Å². The van der Waals surface area contributed by atoms with E-state index in [9.17, 15) is 0 Å². The third-order valence-corrected chi connectivity index (χ3v) is 2.76. The van der Waals surface area contributed by atoms with Crippen molar-refractivity contribution >= 4 is 18.3 Å². The highest BCUT2D eigenvalue weighted by molar-refractivity contribution is 6.61. The predicted octanol–water partition coefficient (Wildman–Crippen LogP) is 1.35. The monoisotopic (exact) mass is 234 g/mol. The Morgan fingerprint density at radius 3 is 2.29 bits per heavy atom. The van der Waals surface area contributed by atoms with Crippen molar-refractivity contribution in [2.45, 2.75) is 45.3 Å². The largest absolute Gasteiger partial charge is 0.496 e. The molecule has 1 aliphatic heterocycles. The van der Waals surface area contributed by atoms with Crippen molar-refractivity contribution < 1.29 is 9.31 Å². The SMILES string of the molecule is CC1(C)CC(C)(C)OB(c2cncc(N)c2)O1. The van der Waals surface area contributed by atoms with Crippen LogP contribution in [0.4, 0.5) is 5.69 Å². The summed E-state index contributed by atoms with van der Waals surface area (Å²) in [6.45, 7) is 8.29. The summed E-state index contributed by atoms with van der Waals surface area (Å²) in [5, 5.41) is 0. The first kappa shape index (κ1) is 12.4. The molecule has 1 aliphatic rings. The van der Waals surface area contributed by atoms with E-state index in [4.69, 9.17) is 15.0 Å². The number of hydrogen-bond donors (Lipinski definition) is 1. The second-order valence-corrected chi connectivity index (χ2v) is 5.82. The molecule has 2 N–H and O–H groups in total. The smallest absolute Gasteiger partial charge is 0.402 e. The molecule has 0 radical (unpaired) electrons. The van der Waals surface area contributed by atoms with Crippen LogP contribution in [0.3, 0.4) is 0 Å². The van der Waals surface area contributed by atoms with Crippen LogP contribution in [-0.2, 0) is 9.31 Å². The molecule has 4 nitrogen and oxygen atoms in total. The van der Waals surface area contributed by atoms with Crippen molar-refractivity contribution in [3.8, 4) is 0 Å². The minimum atomic E-state index is -0.398. The lowest BCUT2D eigenvalue weighted by Gasteiger charge is -2.44. The van der Waals surface area contributed by atoms with Crippen LogP contribution >= 0.6 is 0 Å². The van der Waals surface area contributed by atoms with E-state index in [1.165, 1.54) is 0 Å². The Hall–Kier alpha value is -1.07. The van der Waals surface area contributed by atoms with Crippen LogP contribution in [0.5, 0.6) is 0 Å². The fraction of sp³-hybridized carbons (Fsp3) is 0.583. The number of pyridine rings is 1. The molecule has 2 heterocycles. The van der Waals surface area contributed by atoms with Gasteiger partial charge < -0.3 is 15.0 Å². The normalized spacial score (nSPS) is 22.5. The van der Waals surface area contributed by atoms with Gasteiger partial charge in [0.15, 0.2) is 0 Å². The molecule has 0 aliphatic carbocycles. The summed E-state index contributed by atoms with van der Waals surface area (Å²) in [6, 6.07) is 1.84. The molecule has 1 saturated heterocycles. The molecule has 0 saturated carbocycles. The lowest BCUT2D eigenvalue weighted by molar-refractivity contribution is -0.0716. The first-order valence-electron chi connectivity index (χ1n) is 5.84. The minimum absolute atomic E-state index is 0.211. The molecule has 5 heteroatoms. The summed E-state index contributed by atoms with van der Waals surface area (Å²) < 4.78 is 11.9. The summed E-state index contributed by atoms with van der Waals surface area (Å²) >= 11 is 0. The standard InChI is InChI=1S/C12H19BN2O2/c1-11(2)8-12(3,4)17-13(16-11)9-5-10(14)7-15-6-9/h5-7H,8,14H2,1-4H3. The van der Waals surface area contributed by atoms with Gasteiger partial charge in [-0.25, -0.2) is 0 Å². The van der Waals surface area contributed by atoms with Gasteiger partial charge in [0.25, 0.3) is 0 Å². The maximum absolute atomic E-state index is 5.93. The number of aromatic nitrogens is 1. The summed E-state index contributed by atoms with van der Waals surface area (Å²) in [5.74, 6) is 0. The Morgan fingerprint density at radius 2 is 1.76 bits per heavy atom. The van der Waals surface area contributed by atoms with E-state index >= 15 is 0 Å². The zero-order valence-corrected chi connectivity index (χ0v) is 10.9. The van der Waals surface area contributed by atoms with Gasteiger partial charge in [-0.05, 0) is 33.8 Å². The highest BCUT2D eigenvalue weighted by atomic mass is 16.6. The van der Waals surface area contributed by atoms with Crippen LogP contribution in [-0.4, -0.2) is 23.3 Å². The zero-order valence-electron chi connectivity index (χ0n) is 10.9. The summed E-state index contributed by atoms with van der Waals surface area (Å²) in [4.78, 5) is 4.07. The third kappa shape index (κ3) is 2.98. The predicted molar refractivity (Wildman–Crippen MR) is 69.0 cm³/mol. The lowest BCUT2D eigenvalue weighted by Crippen LogP contribution is -2.56. The van der Waals surface area contributed by atoms with Gasteiger partial charge in [-0.3, -0.25) is 4.98 Å². The fourth-order valence-corrected chi connectivity index (χ4v) is 2.45. The topological polar surface area (TPSA) is 57.4 Å². The molecule has 0 atom stereocenters. The molecule has 2 rings (SSSR count). The molecule has 0 bridgehead atoms. The molecule has 0 unspecified atom stereocenters. The molecule has 92 valence electrons. The maximum atomic E-state index is 5.93. The van der Waals surface area contributed by atoms with Crippen LogP contribution < -0.4 is 11.2 Å². The Kier molecular flexibility index (Phi) is 2.91. The van der Waals surface area contributed by atoms with Gasteiger partial charge in [-0.2, -0.15) is 0 Å². The zero-order chi connectivity index (χ0) is 12.7. The summed E-state index contributed by atoms with van der Waals surface area (Å²) in [5.41, 5.74) is 6.79.